The fourth-order valence-electron chi connectivity index (χ4n) is 2.78. The van der Waals surface area contributed by atoms with Crippen molar-refractivity contribution in [1.29, 1.82) is 0 Å². The first-order valence-electron chi connectivity index (χ1n) is 7.74. The van der Waals surface area contributed by atoms with E-state index in [9.17, 15) is 14.4 Å². The van der Waals surface area contributed by atoms with Gasteiger partial charge in [-0.05, 0) is 49.9 Å². The molecule has 1 aromatic rings. The number of rotatable bonds is 4. The van der Waals surface area contributed by atoms with E-state index in [-0.39, 0.29) is 23.8 Å². The molecule has 2 rings (SSSR count). The Bertz CT molecular complexity index is 587. The van der Waals surface area contributed by atoms with E-state index in [1.165, 1.54) is 4.90 Å². The van der Waals surface area contributed by atoms with Gasteiger partial charge in [0.05, 0.1) is 5.92 Å². The molecule has 6 nitrogen and oxygen atoms in total. The molecule has 0 aliphatic heterocycles. The van der Waals surface area contributed by atoms with Gasteiger partial charge in [-0.3, -0.25) is 14.4 Å². The lowest BCUT2D eigenvalue weighted by atomic mass is 9.86. The highest BCUT2D eigenvalue weighted by atomic mass is 16.4. The molecular weight excluding hydrogens is 296 g/mol. The Kier molecular flexibility index (Phi) is 5.36. The van der Waals surface area contributed by atoms with Crippen LogP contribution in [0.5, 0.6) is 0 Å². The molecule has 1 aliphatic carbocycles. The third-order valence-electron chi connectivity index (χ3n) is 4.21. The van der Waals surface area contributed by atoms with Gasteiger partial charge >= 0.3 is 5.97 Å². The van der Waals surface area contributed by atoms with Gasteiger partial charge in [0.25, 0.3) is 11.8 Å². The number of carbonyl (C=O) groups is 3. The highest BCUT2D eigenvalue weighted by Gasteiger charge is 2.26. The van der Waals surface area contributed by atoms with E-state index in [1.54, 1.807) is 38.4 Å². The summed E-state index contributed by atoms with van der Waals surface area (Å²) in [4.78, 5) is 36.4. The zero-order chi connectivity index (χ0) is 17.0. The van der Waals surface area contributed by atoms with Crippen molar-refractivity contribution in [2.24, 2.45) is 5.92 Å². The average molecular weight is 318 g/mol. The Morgan fingerprint density at radius 1 is 1.00 bits per heavy atom. The number of carbonyl (C=O) groups excluding carboxylic acids is 2. The van der Waals surface area contributed by atoms with Crippen molar-refractivity contribution >= 4 is 17.8 Å². The third-order valence-corrected chi connectivity index (χ3v) is 4.21. The van der Waals surface area contributed by atoms with E-state index in [2.05, 4.69) is 5.32 Å². The number of carboxylic acids is 1. The summed E-state index contributed by atoms with van der Waals surface area (Å²) in [6.45, 7) is 0. The molecule has 0 unspecified atom stereocenters. The highest BCUT2D eigenvalue weighted by molar-refractivity contribution is 5.97. The predicted molar refractivity (Wildman–Crippen MR) is 85.3 cm³/mol. The van der Waals surface area contributed by atoms with Crippen molar-refractivity contribution < 1.29 is 19.5 Å². The summed E-state index contributed by atoms with van der Waals surface area (Å²) in [5, 5.41) is 11.9. The van der Waals surface area contributed by atoms with E-state index < -0.39 is 5.97 Å². The molecule has 0 bridgehead atoms. The van der Waals surface area contributed by atoms with Crippen LogP contribution < -0.4 is 5.32 Å². The molecule has 23 heavy (non-hydrogen) atoms. The van der Waals surface area contributed by atoms with E-state index in [0.29, 0.717) is 36.8 Å². The Morgan fingerprint density at radius 3 is 2.00 bits per heavy atom. The lowest BCUT2D eigenvalue weighted by Crippen LogP contribution is -2.38. The molecule has 6 heteroatoms. The number of hydrogen-bond donors (Lipinski definition) is 2. The minimum atomic E-state index is -0.754. The van der Waals surface area contributed by atoms with Crippen LogP contribution in [-0.2, 0) is 4.79 Å². The number of amides is 2. The molecular formula is C17H22N2O4. The normalized spacial score (nSPS) is 20.6. The topological polar surface area (TPSA) is 86.7 Å². The number of aliphatic carboxylic acids is 1. The summed E-state index contributed by atoms with van der Waals surface area (Å²) in [5.41, 5.74) is 1.04. The second kappa shape index (κ2) is 7.26. The van der Waals surface area contributed by atoms with Crippen molar-refractivity contribution in [3.63, 3.8) is 0 Å². The van der Waals surface area contributed by atoms with E-state index in [4.69, 9.17) is 5.11 Å². The maximum Gasteiger partial charge on any atom is 0.306 e. The van der Waals surface area contributed by atoms with Gasteiger partial charge in [0, 0.05) is 31.3 Å². The monoisotopic (exact) mass is 318 g/mol. The Labute approximate surface area is 135 Å². The second-order valence-electron chi connectivity index (χ2n) is 6.14. The van der Waals surface area contributed by atoms with Gasteiger partial charge in [0.1, 0.15) is 0 Å². The van der Waals surface area contributed by atoms with Crippen LogP contribution in [0, 0.1) is 5.92 Å². The molecule has 0 spiro atoms. The zero-order valence-electron chi connectivity index (χ0n) is 13.4. The maximum absolute atomic E-state index is 12.2. The first-order valence-corrected chi connectivity index (χ1v) is 7.74. The maximum atomic E-state index is 12.2. The van der Waals surface area contributed by atoms with Gasteiger partial charge in [-0.25, -0.2) is 0 Å². The molecule has 2 N–H and O–H groups in total. The SMILES string of the molecule is CN(C)C(=O)c1ccc(C(=O)NC2CCC(C(=O)O)CC2)cc1. The van der Waals surface area contributed by atoms with Gasteiger partial charge < -0.3 is 15.3 Å². The molecule has 1 fully saturated rings. The summed E-state index contributed by atoms with van der Waals surface area (Å²) in [6, 6.07) is 6.56. The lowest BCUT2D eigenvalue weighted by molar-refractivity contribution is -0.142. The van der Waals surface area contributed by atoms with Crippen LogP contribution in [0.15, 0.2) is 24.3 Å². The van der Waals surface area contributed by atoms with Crippen LogP contribution in [0.4, 0.5) is 0 Å². The highest BCUT2D eigenvalue weighted by Crippen LogP contribution is 2.24. The summed E-state index contributed by atoms with van der Waals surface area (Å²) in [7, 11) is 3.35. The van der Waals surface area contributed by atoms with Crippen LogP contribution >= 0.6 is 0 Å². The molecule has 1 saturated carbocycles. The molecule has 0 saturated heterocycles. The Hall–Kier alpha value is -2.37. The molecule has 2 amide bonds. The van der Waals surface area contributed by atoms with Gasteiger partial charge in [0.2, 0.25) is 0 Å². The zero-order valence-corrected chi connectivity index (χ0v) is 13.4. The number of nitrogens with zero attached hydrogens (tertiary/aromatic N) is 1. The van der Waals surface area contributed by atoms with Gasteiger partial charge in [-0.2, -0.15) is 0 Å². The van der Waals surface area contributed by atoms with E-state index in [1.807, 2.05) is 0 Å². The Balaban J connectivity index is 1.91. The minimum absolute atomic E-state index is 0.0150. The largest absolute Gasteiger partial charge is 0.481 e. The van der Waals surface area contributed by atoms with Crippen LogP contribution in [0.25, 0.3) is 0 Å². The number of benzene rings is 1. The average Bonchev–Trinajstić information content (AvgIpc) is 2.54. The van der Waals surface area contributed by atoms with Crippen molar-refractivity contribution in [1.82, 2.24) is 10.2 Å². The second-order valence-corrected chi connectivity index (χ2v) is 6.14. The first-order chi connectivity index (χ1) is 10.9. The molecule has 1 aromatic carbocycles. The molecule has 0 heterocycles. The fourth-order valence-corrected chi connectivity index (χ4v) is 2.78. The lowest BCUT2D eigenvalue weighted by Gasteiger charge is -2.26. The Morgan fingerprint density at radius 2 is 1.52 bits per heavy atom. The first kappa shape index (κ1) is 17.0. The van der Waals surface area contributed by atoms with Crippen molar-refractivity contribution in [3.05, 3.63) is 35.4 Å². The van der Waals surface area contributed by atoms with E-state index >= 15 is 0 Å². The number of carboxylic acid groups (broad SMARTS) is 1. The summed E-state index contributed by atoms with van der Waals surface area (Å²) in [6.07, 6.45) is 2.55. The van der Waals surface area contributed by atoms with Crippen LogP contribution in [0.3, 0.4) is 0 Å². The predicted octanol–water partition coefficient (Wildman–Crippen LogP) is 1.76. The molecule has 124 valence electrons. The number of hydrogen-bond acceptors (Lipinski definition) is 3. The summed E-state index contributed by atoms with van der Waals surface area (Å²) >= 11 is 0. The third kappa shape index (κ3) is 4.31. The molecule has 0 radical (unpaired) electrons. The van der Waals surface area contributed by atoms with E-state index in [0.717, 1.165) is 0 Å². The van der Waals surface area contributed by atoms with Gasteiger partial charge in [-0.15, -0.1) is 0 Å². The standard InChI is InChI=1S/C17H22N2O4/c1-19(2)16(21)12-5-3-11(4-6-12)15(20)18-14-9-7-13(8-10-14)17(22)23/h3-6,13-14H,7-10H2,1-2H3,(H,18,20)(H,22,23). The summed E-state index contributed by atoms with van der Waals surface area (Å²) in [5.74, 6) is -1.34. The van der Waals surface area contributed by atoms with Crippen LogP contribution in [0.2, 0.25) is 0 Å². The van der Waals surface area contributed by atoms with Crippen molar-refractivity contribution in [2.75, 3.05) is 14.1 Å². The van der Waals surface area contributed by atoms with Crippen molar-refractivity contribution in [3.8, 4) is 0 Å². The van der Waals surface area contributed by atoms with Gasteiger partial charge in [0.15, 0.2) is 0 Å². The van der Waals surface area contributed by atoms with Crippen molar-refractivity contribution in [2.45, 2.75) is 31.7 Å². The van der Waals surface area contributed by atoms with Gasteiger partial charge in [-0.1, -0.05) is 0 Å². The number of nitrogens with one attached hydrogen (secondary N) is 1. The van der Waals surface area contributed by atoms with Crippen LogP contribution in [0.1, 0.15) is 46.4 Å². The smallest absolute Gasteiger partial charge is 0.306 e. The molecule has 0 atom stereocenters. The fraction of sp³-hybridized carbons (Fsp3) is 0.471. The molecule has 0 aromatic heterocycles. The minimum Gasteiger partial charge on any atom is -0.481 e. The van der Waals surface area contributed by atoms with Crippen LogP contribution in [-0.4, -0.2) is 47.9 Å². The quantitative estimate of drug-likeness (QED) is 0.885. The molecule has 1 aliphatic rings. The summed E-state index contributed by atoms with van der Waals surface area (Å²) < 4.78 is 0.